The van der Waals surface area contributed by atoms with E-state index in [0.717, 1.165) is 5.56 Å². The van der Waals surface area contributed by atoms with Gasteiger partial charge in [0.25, 0.3) is 0 Å². The Bertz CT molecular complexity index is 777. The van der Waals surface area contributed by atoms with Crippen molar-refractivity contribution in [2.45, 2.75) is 31.8 Å². The van der Waals surface area contributed by atoms with E-state index in [1.54, 1.807) is 36.1 Å². The lowest BCUT2D eigenvalue weighted by Gasteiger charge is -2.43. The van der Waals surface area contributed by atoms with Crippen LogP contribution in [-0.4, -0.2) is 55.2 Å². The molecule has 27 heavy (non-hydrogen) atoms. The molecule has 1 amide bonds. The molecule has 0 bridgehead atoms. The minimum absolute atomic E-state index is 0.0318. The van der Waals surface area contributed by atoms with Gasteiger partial charge < -0.3 is 19.1 Å². The van der Waals surface area contributed by atoms with Gasteiger partial charge in [-0.25, -0.2) is 9.59 Å². The predicted molar refractivity (Wildman–Crippen MR) is 97.6 cm³/mol. The number of ketones is 1. The molecular weight excluding hydrogens is 350 g/mol. The lowest BCUT2D eigenvalue weighted by Crippen LogP contribution is -2.52. The average molecular weight is 373 g/mol. The molecule has 0 saturated carbocycles. The van der Waals surface area contributed by atoms with Crippen LogP contribution in [0.5, 0.6) is 5.75 Å². The van der Waals surface area contributed by atoms with Crippen LogP contribution in [0.15, 0.2) is 24.3 Å². The Kier molecular flexibility index (Phi) is 5.48. The van der Waals surface area contributed by atoms with E-state index in [2.05, 4.69) is 4.74 Å². The van der Waals surface area contributed by atoms with E-state index in [0.29, 0.717) is 50.3 Å². The zero-order valence-electron chi connectivity index (χ0n) is 15.5. The Morgan fingerprint density at radius 1 is 1.30 bits per heavy atom. The maximum absolute atomic E-state index is 12.6. The molecule has 1 aromatic rings. The first-order chi connectivity index (χ1) is 13.0. The zero-order valence-corrected chi connectivity index (χ0v) is 15.5. The third kappa shape index (κ3) is 4.13. The Balaban J connectivity index is 1.75. The number of benzene rings is 1. The largest absolute Gasteiger partial charge is 0.486 e. The van der Waals surface area contributed by atoms with Gasteiger partial charge in [0.15, 0.2) is 5.78 Å². The van der Waals surface area contributed by atoms with Crippen molar-refractivity contribution in [2.24, 2.45) is 0 Å². The molecule has 7 heteroatoms. The maximum atomic E-state index is 12.6. The van der Waals surface area contributed by atoms with Gasteiger partial charge in [0.2, 0.25) is 0 Å². The van der Waals surface area contributed by atoms with Crippen LogP contribution in [0, 0.1) is 0 Å². The summed E-state index contributed by atoms with van der Waals surface area (Å²) in [6.07, 6.45) is 4.04. The minimum Gasteiger partial charge on any atom is -0.486 e. The van der Waals surface area contributed by atoms with Crippen molar-refractivity contribution in [1.29, 1.82) is 0 Å². The molecule has 2 aliphatic heterocycles. The van der Waals surface area contributed by atoms with Crippen molar-refractivity contribution in [3.05, 3.63) is 35.4 Å². The summed E-state index contributed by atoms with van der Waals surface area (Å²) in [6, 6.07) is 5.24. The molecule has 1 aromatic carbocycles. The number of rotatable bonds is 3. The summed E-state index contributed by atoms with van der Waals surface area (Å²) in [5.41, 5.74) is 0.689. The topological polar surface area (TPSA) is 82.1 Å². The molecule has 0 N–H and O–H groups in total. The summed E-state index contributed by atoms with van der Waals surface area (Å²) in [4.78, 5) is 37.4. The van der Waals surface area contributed by atoms with Crippen LogP contribution in [0.25, 0.3) is 6.08 Å². The molecule has 1 fully saturated rings. The van der Waals surface area contributed by atoms with E-state index < -0.39 is 11.6 Å². The highest BCUT2D eigenvalue weighted by molar-refractivity contribution is 6.00. The number of ether oxygens (including phenoxy) is 3. The molecule has 1 saturated heterocycles. The number of carbonyl (C=O) groups is 3. The van der Waals surface area contributed by atoms with E-state index in [1.807, 2.05) is 0 Å². The summed E-state index contributed by atoms with van der Waals surface area (Å²) in [7, 11) is 1.31. The second kappa shape index (κ2) is 7.82. The monoisotopic (exact) mass is 373 g/mol. The van der Waals surface area contributed by atoms with E-state index in [-0.39, 0.29) is 11.9 Å². The van der Waals surface area contributed by atoms with Gasteiger partial charge in [-0.3, -0.25) is 4.79 Å². The fraction of sp³-hybridized carbons (Fsp3) is 0.450. The number of fused-ring (bicyclic) bond motifs is 1. The first-order valence-corrected chi connectivity index (χ1v) is 9.00. The number of Topliss-reactive ketones (excluding diaryl/α,β-unsaturated/α-hetero) is 1. The van der Waals surface area contributed by atoms with E-state index in [4.69, 9.17) is 9.47 Å². The molecule has 3 rings (SSSR count). The van der Waals surface area contributed by atoms with Crippen LogP contribution in [0.2, 0.25) is 0 Å². The van der Waals surface area contributed by atoms with Gasteiger partial charge in [-0.05, 0) is 30.7 Å². The maximum Gasteiger partial charge on any atom is 0.409 e. The van der Waals surface area contributed by atoms with Gasteiger partial charge in [-0.15, -0.1) is 0 Å². The Labute approximate surface area is 157 Å². The predicted octanol–water partition coefficient (Wildman–Crippen LogP) is 2.83. The molecule has 2 aliphatic rings. The third-order valence-corrected chi connectivity index (χ3v) is 4.93. The first kappa shape index (κ1) is 18.9. The second-order valence-electron chi connectivity index (χ2n) is 6.68. The van der Waals surface area contributed by atoms with Crippen LogP contribution in [0.1, 0.15) is 42.1 Å². The average Bonchev–Trinajstić information content (AvgIpc) is 2.66. The number of amides is 1. The number of nitrogens with zero attached hydrogens (tertiary/aromatic N) is 1. The van der Waals surface area contributed by atoms with E-state index >= 15 is 0 Å². The van der Waals surface area contributed by atoms with Gasteiger partial charge in [-0.2, -0.15) is 0 Å². The van der Waals surface area contributed by atoms with Crippen molar-refractivity contribution >= 4 is 23.9 Å². The minimum atomic E-state index is -0.599. The van der Waals surface area contributed by atoms with Crippen molar-refractivity contribution in [1.82, 2.24) is 4.90 Å². The number of hydrogen-bond donors (Lipinski definition) is 0. The summed E-state index contributed by atoms with van der Waals surface area (Å²) in [6.45, 7) is 3.09. The lowest BCUT2D eigenvalue weighted by molar-refractivity contribution is -0.134. The number of carbonyl (C=O) groups excluding carboxylic acids is 3. The number of hydrogen-bond acceptors (Lipinski definition) is 6. The molecule has 7 nitrogen and oxygen atoms in total. The molecule has 0 radical (unpaired) electrons. The van der Waals surface area contributed by atoms with Gasteiger partial charge in [0.05, 0.1) is 25.7 Å². The molecular formula is C20H23NO6. The molecule has 1 spiro atoms. The molecule has 0 aliphatic carbocycles. The first-order valence-electron chi connectivity index (χ1n) is 9.00. The summed E-state index contributed by atoms with van der Waals surface area (Å²) in [5.74, 6) is 0.0969. The summed E-state index contributed by atoms with van der Waals surface area (Å²) in [5, 5.41) is 0. The highest BCUT2D eigenvalue weighted by atomic mass is 16.6. The summed E-state index contributed by atoms with van der Waals surface area (Å²) >= 11 is 0. The highest BCUT2D eigenvalue weighted by Gasteiger charge is 2.43. The fourth-order valence-corrected chi connectivity index (χ4v) is 3.44. The van der Waals surface area contributed by atoms with Gasteiger partial charge in [-0.1, -0.05) is 6.07 Å². The molecule has 0 atom stereocenters. The number of piperidine rings is 1. The van der Waals surface area contributed by atoms with Crippen molar-refractivity contribution in [2.75, 3.05) is 26.8 Å². The zero-order chi connectivity index (χ0) is 19.4. The highest BCUT2D eigenvalue weighted by Crippen LogP contribution is 2.40. The van der Waals surface area contributed by atoms with Gasteiger partial charge in [0, 0.05) is 32.0 Å². The van der Waals surface area contributed by atoms with Gasteiger partial charge in [0.1, 0.15) is 11.4 Å². The Morgan fingerprint density at radius 3 is 2.70 bits per heavy atom. The van der Waals surface area contributed by atoms with Crippen molar-refractivity contribution in [3.8, 4) is 5.75 Å². The number of likely N-dealkylation sites (tertiary alicyclic amines) is 1. The lowest BCUT2D eigenvalue weighted by atomic mass is 9.82. The number of methoxy groups -OCH3 is 1. The smallest absolute Gasteiger partial charge is 0.409 e. The van der Waals surface area contributed by atoms with Crippen LogP contribution in [-0.2, 0) is 14.3 Å². The number of esters is 1. The normalized spacial score (nSPS) is 18.1. The summed E-state index contributed by atoms with van der Waals surface area (Å²) < 4.78 is 15.9. The fourth-order valence-electron chi connectivity index (χ4n) is 3.44. The van der Waals surface area contributed by atoms with Crippen molar-refractivity contribution in [3.63, 3.8) is 0 Å². The van der Waals surface area contributed by atoms with Crippen LogP contribution in [0.3, 0.4) is 0 Å². The van der Waals surface area contributed by atoms with Crippen LogP contribution in [0.4, 0.5) is 4.79 Å². The Hall–Kier alpha value is -2.83. The SMILES string of the molecule is CCOC(=O)N1CCC2(CC1)CC(=O)c1ccc(C=CC(=O)OC)cc1O2. The third-order valence-electron chi connectivity index (χ3n) is 4.93. The quantitative estimate of drug-likeness (QED) is 0.599. The van der Waals surface area contributed by atoms with Crippen LogP contribution >= 0.6 is 0 Å². The van der Waals surface area contributed by atoms with Crippen molar-refractivity contribution < 1.29 is 28.6 Å². The van der Waals surface area contributed by atoms with Gasteiger partial charge >= 0.3 is 12.1 Å². The standard InChI is InChI=1S/C20H23NO6/c1-3-26-19(24)21-10-8-20(9-11-21)13-16(22)15-6-4-14(12-17(15)27-20)5-7-18(23)25-2/h4-7,12H,3,8-11,13H2,1-2H3. The molecule has 2 heterocycles. The van der Waals surface area contributed by atoms with Crippen LogP contribution < -0.4 is 4.74 Å². The van der Waals surface area contributed by atoms with E-state index in [1.165, 1.54) is 13.2 Å². The molecule has 0 aromatic heterocycles. The molecule has 144 valence electrons. The second-order valence-corrected chi connectivity index (χ2v) is 6.68. The molecule has 0 unspecified atom stereocenters. The van der Waals surface area contributed by atoms with E-state index in [9.17, 15) is 14.4 Å². The Morgan fingerprint density at radius 2 is 2.04 bits per heavy atom.